The first-order valence-electron chi connectivity index (χ1n) is 11.3. The Morgan fingerprint density at radius 3 is 1.29 bits per heavy atom. The highest BCUT2D eigenvalue weighted by Gasteiger charge is 2.20. The molecule has 38 heavy (non-hydrogen) atoms. The minimum absolute atomic E-state index is 0.0787. The van der Waals surface area contributed by atoms with Gasteiger partial charge in [-0.15, -0.1) is 0 Å². The first-order valence-corrected chi connectivity index (χ1v) is 14.2. The fraction of sp³-hybridized carbons (Fsp3) is 0.0769. The quantitative estimate of drug-likeness (QED) is 0.277. The molecule has 196 valence electrons. The van der Waals surface area contributed by atoms with Crippen molar-refractivity contribution in [1.29, 1.82) is 0 Å². The average Bonchev–Trinajstić information content (AvgIpc) is 2.84. The van der Waals surface area contributed by atoms with Crippen LogP contribution in [0.5, 0.6) is 0 Å². The van der Waals surface area contributed by atoms with E-state index in [2.05, 4.69) is 10.6 Å². The molecule has 12 heteroatoms. The molecule has 4 amide bonds. The standard InChI is InChI=1S/C26H24N4O6S2/c1-17-9-13-20(14-10-17)37(33,34)29-25(31)27-22-7-3-5-19-6-4-8-23(24(19)22)28-26(32)30-38(35,36)21-15-11-18(2)12-16-21/h3-16H,1-2H3,(H2,27,29,31)(H2,28,30,32). The van der Waals surface area contributed by atoms with Gasteiger partial charge in [0.05, 0.1) is 21.2 Å². The minimum Gasteiger partial charge on any atom is -0.306 e. The summed E-state index contributed by atoms with van der Waals surface area (Å²) in [6.07, 6.45) is 0. The van der Waals surface area contributed by atoms with Gasteiger partial charge in [-0.25, -0.2) is 35.9 Å². The number of amides is 4. The van der Waals surface area contributed by atoms with Crippen molar-refractivity contribution in [3.8, 4) is 0 Å². The van der Waals surface area contributed by atoms with Crippen molar-refractivity contribution in [2.24, 2.45) is 0 Å². The first-order chi connectivity index (χ1) is 17.9. The number of sulfonamides is 2. The number of hydrogen-bond acceptors (Lipinski definition) is 6. The average molecular weight is 553 g/mol. The number of benzene rings is 4. The van der Waals surface area contributed by atoms with E-state index < -0.39 is 32.1 Å². The highest BCUT2D eigenvalue weighted by molar-refractivity contribution is 7.90. The van der Waals surface area contributed by atoms with Crippen LogP contribution in [-0.2, 0) is 20.0 Å². The van der Waals surface area contributed by atoms with Crippen molar-refractivity contribution in [2.45, 2.75) is 23.6 Å². The molecule has 4 N–H and O–H groups in total. The number of nitrogens with one attached hydrogen (secondary N) is 4. The molecule has 0 aliphatic heterocycles. The van der Waals surface area contributed by atoms with E-state index in [-0.39, 0.29) is 21.2 Å². The Morgan fingerprint density at radius 2 is 0.921 bits per heavy atom. The van der Waals surface area contributed by atoms with E-state index >= 15 is 0 Å². The van der Waals surface area contributed by atoms with Crippen LogP contribution in [0.15, 0.2) is 94.7 Å². The Bertz CT molecular complexity index is 1610. The molecular formula is C26H24N4O6S2. The molecule has 0 atom stereocenters. The van der Waals surface area contributed by atoms with Crippen molar-refractivity contribution in [3.05, 3.63) is 96.1 Å². The Balaban J connectivity index is 1.56. The minimum atomic E-state index is -4.14. The maximum Gasteiger partial charge on any atom is 0.333 e. The maximum atomic E-state index is 12.6. The van der Waals surface area contributed by atoms with Crippen LogP contribution in [0.3, 0.4) is 0 Å². The summed E-state index contributed by atoms with van der Waals surface area (Å²) in [5.41, 5.74) is 2.10. The van der Waals surface area contributed by atoms with Crippen LogP contribution >= 0.6 is 0 Å². The third-order valence-electron chi connectivity index (χ3n) is 5.52. The normalized spacial score (nSPS) is 11.5. The molecule has 0 unspecified atom stereocenters. The molecule has 0 spiro atoms. The van der Waals surface area contributed by atoms with Gasteiger partial charge in [0.25, 0.3) is 20.0 Å². The summed E-state index contributed by atoms with van der Waals surface area (Å²) in [5, 5.41) is 5.95. The number of hydrogen-bond donors (Lipinski definition) is 4. The third-order valence-corrected chi connectivity index (χ3v) is 8.21. The van der Waals surface area contributed by atoms with E-state index in [0.29, 0.717) is 10.8 Å². The summed E-state index contributed by atoms with van der Waals surface area (Å²) < 4.78 is 54.3. The predicted octanol–water partition coefficient (Wildman–Crippen LogP) is 4.48. The van der Waals surface area contributed by atoms with Gasteiger partial charge < -0.3 is 10.6 Å². The lowest BCUT2D eigenvalue weighted by molar-refractivity contribution is 0.255. The molecule has 0 aliphatic rings. The number of anilines is 2. The fourth-order valence-corrected chi connectivity index (χ4v) is 5.46. The van der Waals surface area contributed by atoms with E-state index in [0.717, 1.165) is 11.1 Å². The molecule has 10 nitrogen and oxygen atoms in total. The highest BCUT2D eigenvalue weighted by atomic mass is 32.2. The number of urea groups is 2. The van der Waals surface area contributed by atoms with Crippen molar-refractivity contribution in [3.63, 3.8) is 0 Å². The first kappa shape index (κ1) is 26.6. The molecule has 4 aromatic rings. The zero-order valence-electron chi connectivity index (χ0n) is 20.3. The highest BCUT2D eigenvalue weighted by Crippen LogP contribution is 2.31. The second-order valence-electron chi connectivity index (χ2n) is 8.45. The lowest BCUT2D eigenvalue weighted by Crippen LogP contribution is -2.35. The van der Waals surface area contributed by atoms with Crippen LogP contribution in [0.25, 0.3) is 10.8 Å². The summed E-state index contributed by atoms with van der Waals surface area (Å²) in [6, 6.07) is 19.7. The van der Waals surface area contributed by atoms with Crippen LogP contribution in [0.4, 0.5) is 21.0 Å². The molecule has 4 aromatic carbocycles. The molecule has 0 saturated heterocycles. The van der Waals surface area contributed by atoms with Crippen molar-refractivity contribution < 1.29 is 26.4 Å². The fourth-order valence-electron chi connectivity index (χ4n) is 3.64. The zero-order chi connectivity index (χ0) is 27.5. The predicted molar refractivity (Wildman–Crippen MR) is 145 cm³/mol. The van der Waals surface area contributed by atoms with Crippen LogP contribution < -0.4 is 20.1 Å². The van der Waals surface area contributed by atoms with Gasteiger partial charge in [-0.1, -0.05) is 59.7 Å². The Labute approximate surface area is 220 Å². The van der Waals surface area contributed by atoms with Gasteiger partial charge in [-0.3, -0.25) is 0 Å². The van der Waals surface area contributed by atoms with Crippen molar-refractivity contribution in [1.82, 2.24) is 9.44 Å². The lowest BCUT2D eigenvalue weighted by atomic mass is 10.1. The number of carbonyl (C=O) groups excluding carboxylic acids is 2. The largest absolute Gasteiger partial charge is 0.333 e. The monoisotopic (exact) mass is 552 g/mol. The summed E-state index contributed by atoms with van der Waals surface area (Å²) in [6.45, 7) is 3.61. The van der Waals surface area contributed by atoms with Crippen LogP contribution in [0.2, 0.25) is 0 Å². The van der Waals surface area contributed by atoms with Crippen LogP contribution in [0.1, 0.15) is 11.1 Å². The van der Waals surface area contributed by atoms with Crippen LogP contribution in [-0.4, -0.2) is 28.9 Å². The summed E-state index contributed by atoms with van der Waals surface area (Å²) in [7, 11) is -8.27. The lowest BCUT2D eigenvalue weighted by Gasteiger charge is -2.15. The van der Waals surface area contributed by atoms with Gasteiger partial charge >= 0.3 is 12.1 Å². The van der Waals surface area contributed by atoms with Gasteiger partial charge in [-0.05, 0) is 55.6 Å². The molecular weight excluding hydrogens is 528 g/mol. The smallest absolute Gasteiger partial charge is 0.306 e. The molecule has 0 radical (unpaired) electrons. The van der Waals surface area contributed by atoms with E-state index in [1.165, 1.54) is 36.4 Å². The Kier molecular flexibility index (Phi) is 7.37. The van der Waals surface area contributed by atoms with E-state index in [1.54, 1.807) is 62.4 Å². The Hall–Kier alpha value is -4.42. The van der Waals surface area contributed by atoms with Gasteiger partial charge in [0, 0.05) is 5.39 Å². The van der Waals surface area contributed by atoms with Gasteiger partial charge in [0.15, 0.2) is 0 Å². The zero-order valence-corrected chi connectivity index (χ0v) is 22.0. The Morgan fingerprint density at radius 1 is 0.553 bits per heavy atom. The second-order valence-corrected chi connectivity index (χ2v) is 11.8. The third kappa shape index (κ3) is 6.10. The van der Waals surface area contributed by atoms with Crippen molar-refractivity contribution >= 4 is 54.3 Å². The van der Waals surface area contributed by atoms with Gasteiger partial charge in [0.2, 0.25) is 0 Å². The molecule has 0 fully saturated rings. The molecule has 0 saturated carbocycles. The van der Waals surface area contributed by atoms with Gasteiger partial charge in [0.1, 0.15) is 0 Å². The summed E-state index contributed by atoms with van der Waals surface area (Å²) >= 11 is 0. The summed E-state index contributed by atoms with van der Waals surface area (Å²) in [5.74, 6) is 0. The molecule has 4 rings (SSSR count). The van der Waals surface area contributed by atoms with Crippen LogP contribution in [0, 0.1) is 13.8 Å². The van der Waals surface area contributed by atoms with Crippen molar-refractivity contribution in [2.75, 3.05) is 10.6 Å². The van der Waals surface area contributed by atoms with E-state index in [4.69, 9.17) is 0 Å². The number of fused-ring (bicyclic) bond motifs is 1. The van der Waals surface area contributed by atoms with E-state index in [1.807, 2.05) is 9.44 Å². The second kappa shape index (κ2) is 10.5. The summed E-state index contributed by atoms with van der Waals surface area (Å²) in [4.78, 5) is 25.1. The van der Waals surface area contributed by atoms with Gasteiger partial charge in [-0.2, -0.15) is 0 Å². The maximum absolute atomic E-state index is 12.6. The molecule has 0 aliphatic carbocycles. The number of carbonyl (C=O) groups is 2. The van der Waals surface area contributed by atoms with E-state index in [9.17, 15) is 26.4 Å². The number of aryl methyl sites for hydroxylation is 2. The topological polar surface area (TPSA) is 151 Å². The molecule has 0 heterocycles. The molecule has 0 bridgehead atoms. The SMILES string of the molecule is Cc1ccc(S(=O)(=O)NC(=O)Nc2cccc3cccc(NC(=O)NS(=O)(=O)c4ccc(C)cc4)c23)cc1. The molecule has 0 aromatic heterocycles. The number of rotatable bonds is 6.